The van der Waals surface area contributed by atoms with Gasteiger partial charge in [0.15, 0.2) is 0 Å². The van der Waals surface area contributed by atoms with Crippen LogP contribution < -0.4 is 5.32 Å². The SMILES string of the molecule is CC(CCO)CNc1cccc(Br)c1C(=O)O. The Bertz CT molecular complexity index is 395. The molecule has 5 heteroatoms. The number of carbonyl (C=O) groups is 1. The van der Waals surface area contributed by atoms with Gasteiger partial charge in [-0.3, -0.25) is 0 Å². The molecule has 94 valence electrons. The molecule has 0 spiro atoms. The summed E-state index contributed by atoms with van der Waals surface area (Å²) in [6, 6.07) is 5.22. The van der Waals surface area contributed by atoms with Gasteiger partial charge in [0.2, 0.25) is 0 Å². The summed E-state index contributed by atoms with van der Waals surface area (Å²) in [5, 5.41) is 21.0. The lowest BCUT2D eigenvalue weighted by Gasteiger charge is -2.14. The molecule has 0 fully saturated rings. The molecular weight excluding hydrogens is 286 g/mol. The molecule has 0 aliphatic carbocycles. The molecular formula is C12H16BrNO3. The van der Waals surface area contributed by atoms with E-state index >= 15 is 0 Å². The summed E-state index contributed by atoms with van der Waals surface area (Å²) in [6.07, 6.45) is 0.698. The van der Waals surface area contributed by atoms with Crippen LogP contribution in [0.2, 0.25) is 0 Å². The second-order valence-electron chi connectivity index (χ2n) is 3.97. The minimum atomic E-state index is -0.963. The second kappa shape index (κ2) is 6.61. The maximum absolute atomic E-state index is 11.1. The zero-order chi connectivity index (χ0) is 12.8. The van der Waals surface area contributed by atoms with Gasteiger partial charge in [0, 0.05) is 23.3 Å². The van der Waals surface area contributed by atoms with Crippen LogP contribution in [-0.2, 0) is 0 Å². The van der Waals surface area contributed by atoms with Crippen LogP contribution in [-0.4, -0.2) is 29.3 Å². The largest absolute Gasteiger partial charge is 0.478 e. The number of aromatic carboxylic acids is 1. The van der Waals surface area contributed by atoms with Gasteiger partial charge in [0.1, 0.15) is 0 Å². The van der Waals surface area contributed by atoms with E-state index in [2.05, 4.69) is 21.2 Å². The number of carboxylic acid groups (broad SMARTS) is 1. The molecule has 0 aliphatic heterocycles. The predicted molar refractivity (Wildman–Crippen MR) is 70.5 cm³/mol. The predicted octanol–water partition coefficient (Wildman–Crippen LogP) is 2.58. The van der Waals surface area contributed by atoms with Gasteiger partial charge in [-0.25, -0.2) is 4.79 Å². The first-order chi connectivity index (χ1) is 8.06. The van der Waals surface area contributed by atoms with E-state index in [4.69, 9.17) is 10.2 Å². The number of anilines is 1. The zero-order valence-electron chi connectivity index (χ0n) is 9.61. The molecule has 4 nitrogen and oxygen atoms in total. The molecule has 0 heterocycles. The lowest BCUT2D eigenvalue weighted by molar-refractivity contribution is 0.0697. The molecule has 3 N–H and O–H groups in total. The fraction of sp³-hybridized carbons (Fsp3) is 0.417. The van der Waals surface area contributed by atoms with Gasteiger partial charge < -0.3 is 15.5 Å². The molecule has 0 aromatic heterocycles. The maximum Gasteiger partial charge on any atom is 0.338 e. The Morgan fingerprint density at radius 1 is 1.53 bits per heavy atom. The normalized spacial score (nSPS) is 12.2. The van der Waals surface area contributed by atoms with Crippen molar-refractivity contribution < 1.29 is 15.0 Å². The van der Waals surface area contributed by atoms with Crippen LogP contribution in [0.5, 0.6) is 0 Å². The summed E-state index contributed by atoms with van der Waals surface area (Å²) in [5.74, 6) is -0.671. The number of carboxylic acids is 1. The van der Waals surface area contributed by atoms with Gasteiger partial charge in [-0.05, 0) is 40.4 Å². The number of halogens is 1. The van der Waals surface area contributed by atoms with Gasteiger partial charge in [-0.15, -0.1) is 0 Å². The number of aliphatic hydroxyl groups is 1. The van der Waals surface area contributed by atoms with E-state index in [0.717, 1.165) is 0 Å². The first kappa shape index (κ1) is 14.0. The Morgan fingerprint density at radius 3 is 2.82 bits per heavy atom. The molecule has 0 amide bonds. The number of nitrogens with one attached hydrogen (secondary N) is 1. The topological polar surface area (TPSA) is 69.6 Å². The standard InChI is InChI=1S/C12H16BrNO3/c1-8(5-6-15)7-14-10-4-2-3-9(13)11(10)12(16)17/h2-4,8,14-15H,5-7H2,1H3,(H,16,17). The van der Waals surface area contributed by atoms with Crippen LogP contribution in [0, 0.1) is 5.92 Å². The highest BCUT2D eigenvalue weighted by Gasteiger charge is 2.14. The summed E-state index contributed by atoms with van der Waals surface area (Å²) in [6.45, 7) is 2.78. The molecule has 1 aromatic rings. The zero-order valence-corrected chi connectivity index (χ0v) is 11.2. The summed E-state index contributed by atoms with van der Waals surface area (Å²) < 4.78 is 0.560. The average Bonchev–Trinajstić information content (AvgIpc) is 2.26. The minimum Gasteiger partial charge on any atom is -0.478 e. The first-order valence-electron chi connectivity index (χ1n) is 5.42. The maximum atomic E-state index is 11.1. The third-order valence-corrected chi connectivity index (χ3v) is 3.15. The summed E-state index contributed by atoms with van der Waals surface area (Å²) in [7, 11) is 0. The molecule has 17 heavy (non-hydrogen) atoms. The highest BCUT2D eigenvalue weighted by atomic mass is 79.9. The van der Waals surface area contributed by atoms with Crippen molar-refractivity contribution in [2.45, 2.75) is 13.3 Å². The molecule has 0 bridgehead atoms. The highest BCUT2D eigenvalue weighted by Crippen LogP contribution is 2.25. The fourth-order valence-electron chi connectivity index (χ4n) is 1.50. The molecule has 1 unspecified atom stereocenters. The van der Waals surface area contributed by atoms with Crippen LogP contribution in [0.15, 0.2) is 22.7 Å². The van der Waals surface area contributed by atoms with Gasteiger partial charge >= 0.3 is 5.97 Å². The molecule has 0 saturated carbocycles. The summed E-state index contributed by atoms with van der Waals surface area (Å²) >= 11 is 3.22. The van der Waals surface area contributed by atoms with Crippen molar-refractivity contribution in [3.63, 3.8) is 0 Å². The highest BCUT2D eigenvalue weighted by molar-refractivity contribution is 9.10. The second-order valence-corrected chi connectivity index (χ2v) is 4.82. The summed E-state index contributed by atoms with van der Waals surface area (Å²) in [4.78, 5) is 11.1. The number of rotatable bonds is 6. The number of hydrogen-bond acceptors (Lipinski definition) is 3. The van der Waals surface area contributed by atoms with Crippen LogP contribution >= 0.6 is 15.9 Å². The Balaban J connectivity index is 2.77. The van der Waals surface area contributed by atoms with Gasteiger partial charge in [0.05, 0.1) is 5.56 Å². The third kappa shape index (κ3) is 4.02. The third-order valence-electron chi connectivity index (χ3n) is 2.49. The van der Waals surface area contributed by atoms with Crippen LogP contribution in [0.1, 0.15) is 23.7 Å². The van der Waals surface area contributed by atoms with E-state index in [1.54, 1.807) is 18.2 Å². The molecule has 1 aromatic carbocycles. The Morgan fingerprint density at radius 2 is 2.24 bits per heavy atom. The van der Waals surface area contributed by atoms with Crippen LogP contribution in [0.4, 0.5) is 5.69 Å². The number of aliphatic hydroxyl groups excluding tert-OH is 1. The van der Waals surface area contributed by atoms with E-state index in [-0.39, 0.29) is 12.2 Å². The Labute approximate surface area is 109 Å². The minimum absolute atomic E-state index is 0.146. The molecule has 0 saturated heterocycles. The van der Waals surface area contributed by atoms with Crippen molar-refractivity contribution in [1.29, 1.82) is 0 Å². The van der Waals surface area contributed by atoms with E-state index < -0.39 is 5.97 Å². The van der Waals surface area contributed by atoms with Crippen LogP contribution in [0.25, 0.3) is 0 Å². The fourth-order valence-corrected chi connectivity index (χ4v) is 2.03. The molecule has 0 aliphatic rings. The van der Waals surface area contributed by atoms with E-state index in [1.807, 2.05) is 6.92 Å². The monoisotopic (exact) mass is 301 g/mol. The van der Waals surface area contributed by atoms with Gasteiger partial charge in [0.25, 0.3) is 0 Å². The van der Waals surface area contributed by atoms with Crippen molar-refractivity contribution in [3.8, 4) is 0 Å². The average molecular weight is 302 g/mol. The van der Waals surface area contributed by atoms with E-state index in [1.165, 1.54) is 0 Å². The van der Waals surface area contributed by atoms with Crippen LogP contribution in [0.3, 0.4) is 0 Å². The lowest BCUT2D eigenvalue weighted by Crippen LogP contribution is -2.15. The lowest BCUT2D eigenvalue weighted by atomic mass is 10.1. The van der Waals surface area contributed by atoms with Crippen molar-refractivity contribution >= 4 is 27.6 Å². The van der Waals surface area contributed by atoms with Gasteiger partial charge in [-0.1, -0.05) is 13.0 Å². The number of hydrogen-bond donors (Lipinski definition) is 3. The smallest absolute Gasteiger partial charge is 0.338 e. The first-order valence-corrected chi connectivity index (χ1v) is 6.22. The van der Waals surface area contributed by atoms with Crippen molar-refractivity contribution in [1.82, 2.24) is 0 Å². The van der Waals surface area contributed by atoms with Crippen molar-refractivity contribution in [2.24, 2.45) is 5.92 Å². The van der Waals surface area contributed by atoms with Gasteiger partial charge in [-0.2, -0.15) is 0 Å². The molecule has 1 atom stereocenters. The van der Waals surface area contributed by atoms with E-state index in [9.17, 15) is 4.79 Å². The Hall–Kier alpha value is -1.07. The number of benzene rings is 1. The molecule has 1 rings (SSSR count). The quantitative estimate of drug-likeness (QED) is 0.755. The van der Waals surface area contributed by atoms with E-state index in [0.29, 0.717) is 29.0 Å². The van der Waals surface area contributed by atoms with Crippen molar-refractivity contribution in [2.75, 3.05) is 18.5 Å². The Kier molecular flexibility index (Phi) is 5.44. The molecule has 0 radical (unpaired) electrons. The van der Waals surface area contributed by atoms with Crippen molar-refractivity contribution in [3.05, 3.63) is 28.2 Å². The summed E-state index contributed by atoms with van der Waals surface area (Å²) in [5.41, 5.74) is 0.834.